The highest BCUT2D eigenvalue weighted by atomic mass is 32.2. The molecular formula is C23H29NO3S. The molecule has 150 valence electrons. The van der Waals surface area contributed by atoms with Crippen molar-refractivity contribution in [2.45, 2.75) is 20.3 Å². The summed E-state index contributed by atoms with van der Waals surface area (Å²) < 4.78 is 11.2. The van der Waals surface area contributed by atoms with Gasteiger partial charge in [-0.25, -0.2) is 0 Å². The van der Waals surface area contributed by atoms with Crippen LogP contribution in [0.2, 0.25) is 0 Å². The first-order valence-corrected chi connectivity index (χ1v) is 10.8. The molecule has 0 aliphatic carbocycles. The van der Waals surface area contributed by atoms with Gasteiger partial charge in [-0.05, 0) is 43.5 Å². The Morgan fingerprint density at radius 3 is 2.54 bits per heavy atom. The van der Waals surface area contributed by atoms with E-state index in [0.717, 1.165) is 29.2 Å². The topological polar surface area (TPSA) is 47.6 Å². The number of hydrogen-bond donors (Lipinski definition) is 1. The summed E-state index contributed by atoms with van der Waals surface area (Å²) in [5.74, 6) is 2.87. The maximum atomic E-state index is 12.0. The highest BCUT2D eigenvalue weighted by molar-refractivity contribution is 8.00. The molecule has 0 fully saturated rings. The molecule has 0 heterocycles. The largest absolute Gasteiger partial charge is 0.490 e. The first kappa shape index (κ1) is 21.9. The number of thioether (sulfide) groups is 1. The van der Waals surface area contributed by atoms with E-state index in [1.807, 2.05) is 50.2 Å². The summed E-state index contributed by atoms with van der Waals surface area (Å²) in [6.45, 7) is 5.71. The van der Waals surface area contributed by atoms with Gasteiger partial charge < -0.3 is 14.8 Å². The van der Waals surface area contributed by atoms with Crippen LogP contribution in [-0.2, 0) is 11.2 Å². The average Bonchev–Trinajstić information content (AvgIpc) is 2.71. The maximum Gasteiger partial charge on any atom is 0.230 e. The Labute approximate surface area is 172 Å². The van der Waals surface area contributed by atoms with Crippen LogP contribution >= 0.6 is 11.8 Å². The monoisotopic (exact) mass is 399 g/mol. The molecular weight excluding hydrogens is 370 g/mol. The van der Waals surface area contributed by atoms with Crippen molar-refractivity contribution in [3.05, 3.63) is 65.7 Å². The summed E-state index contributed by atoms with van der Waals surface area (Å²) in [6, 6.07) is 16.1. The van der Waals surface area contributed by atoms with Crippen LogP contribution in [0.4, 0.5) is 0 Å². The van der Waals surface area contributed by atoms with Crippen molar-refractivity contribution in [2.75, 3.05) is 31.3 Å². The third kappa shape index (κ3) is 8.09. The van der Waals surface area contributed by atoms with E-state index in [4.69, 9.17) is 9.47 Å². The second kappa shape index (κ2) is 12.9. The Bertz CT molecular complexity index is 747. The molecule has 1 N–H and O–H groups in total. The Morgan fingerprint density at radius 1 is 1.04 bits per heavy atom. The van der Waals surface area contributed by atoms with Crippen molar-refractivity contribution in [3.8, 4) is 11.5 Å². The molecule has 0 aliphatic heterocycles. The Kier molecular flexibility index (Phi) is 10.1. The SMILES string of the molecule is CCOc1ccc(CCNC(=O)CSC/C=C/c2ccccc2)cc1OCC. The first-order valence-electron chi connectivity index (χ1n) is 9.67. The smallest absolute Gasteiger partial charge is 0.230 e. The lowest BCUT2D eigenvalue weighted by Crippen LogP contribution is -2.27. The molecule has 0 unspecified atom stereocenters. The van der Waals surface area contributed by atoms with Crippen LogP contribution in [-0.4, -0.2) is 37.2 Å². The number of nitrogens with one attached hydrogen (secondary N) is 1. The summed E-state index contributed by atoms with van der Waals surface area (Å²) in [4.78, 5) is 12.0. The predicted molar refractivity (Wildman–Crippen MR) is 118 cm³/mol. The fraction of sp³-hybridized carbons (Fsp3) is 0.348. The second-order valence-corrected chi connectivity index (χ2v) is 7.11. The number of carbonyl (C=O) groups is 1. The molecule has 28 heavy (non-hydrogen) atoms. The minimum Gasteiger partial charge on any atom is -0.490 e. The van der Waals surface area contributed by atoms with E-state index in [1.54, 1.807) is 11.8 Å². The van der Waals surface area contributed by atoms with Gasteiger partial charge in [0.15, 0.2) is 11.5 Å². The molecule has 0 aliphatic rings. The maximum absolute atomic E-state index is 12.0. The number of rotatable bonds is 12. The van der Waals surface area contributed by atoms with Gasteiger partial charge in [-0.15, -0.1) is 11.8 Å². The van der Waals surface area contributed by atoms with Gasteiger partial charge in [0.05, 0.1) is 19.0 Å². The normalized spacial score (nSPS) is 10.8. The minimum absolute atomic E-state index is 0.0640. The molecule has 0 saturated heterocycles. The average molecular weight is 400 g/mol. The standard InChI is InChI=1S/C23H29NO3S/c1-3-26-21-13-12-20(17-22(21)27-4-2)14-15-24-23(25)18-28-16-8-11-19-9-6-5-7-10-19/h5-13,17H,3-4,14-16,18H2,1-2H3,(H,24,25)/b11-8+. The zero-order valence-electron chi connectivity index (χ0n) is 16.6. The molecule has 0 radical (unpaired) electrons. The fourth-order valence-corrected chi connectivity index (χ4v) is 3.25. The molecule has 0 spiro atoms. The Hall–Kier alpha value is -2.40. The van der Waals surface area contributed by atoms with Crippen LogP contribution in [0.1, 0.15) is 25.0 Å². The minimum atomic E-state index is 0.0640. The quantitative estimate of drug-likeness (QED) is 0.530. The molecule has 4 nitrogen and oxygen atoms in total. The van der Waals surface area contributed by atoms with E-state index in [9.17, 15) is 4.79 Å². The van der Waals surface area contributed by atoms with Crippen molar-refractivity contribution < 1.29 is 14.3 Å². The van der Waals surface area contributed by atoms with E-state index in [2.05, 4.69) is 29.6 Å². The highest BCUT2D eigenvalue weighted by Gasteiger charge is 2.07. The van der Waals surface area contributed by atoms with Crippen LogP contribution in [0, 0.1) is 0 Å². The Morgan fingerprint density at radius 2 is 1.79 bits per heavy atom. The molecule has 0 aromatic heterocycles. The van der Waals surface area contributed by atoms with E-state index in [1.165, 1.54) is 5.56 Å². The molecule has 1 amide bonds. The molecule has 2 rings (SSSR count). The van der Waals surface area contributed by atoms with E-state index in [-0.39, 0.29) is 5.91 Å². The van der Waals surface area contributed by atoms with Crippen molar-refractivity contribution in [2.24, 2.45) is 0 Å². The second-order valence-electron chi connectivity index (χ2n) is 6.08. The summed E-state index contributed by atoms with van der Waals surface area (Å²) in [7, 11) is 0. The van der Waals surface area contributed by atoms with Crippen molar-refractivity contribution in [1.29, 1.82) is 0 Å². The van der Waals surface area contributed by atoms with Gasteiger partial charge >= 0.3 is 0 Å². The zero-order valence-corrected chi connectivity index (χ0v) is 17.5. The van der Waals surface area contributed by atoms with E-state index >= 15 is 0 Å². The summed E-state index contributed by atoms with van der Waals surface area (Å²) in [6.07, 6.45) is 4.92. The third-order valence-electron chi connectivity index (χ3n) is 3.90. The number of benzene rings is 2. The van der Waals surface area contributed by atoms with Gasteiger partial charge in [0.2, 0.25) is 5.91 Å². The van der Waals surface area contributed by atoms with Crippen molar-refractivity contribution in [3.63, 3.8) is 0 Å². The van der Waals surface area contributed by atoms with Crippen LogP contribution in [0.15, 0.2) is 54.6 Å². The van der Waals surface area contributed by atoms with Crippen LogP contribution < -0.4 is 14.8 Å². The predicted octanol–water partition coefficient (Wildman–Crippen LogP) is 4.59. The molecule has 2 aromatic carbocycles. The lowest BCUT2D eigenvalue weighted by molar-refractivity contribution is -0.118. The fourth-order valence-electron chi connectivity index (χ4n) is 2.62. The summed E-state index contributed by atoms with van der Waals surface area (Å²) >= 11 is 1.61. The van der Waals surface area contributed by atoms with Gasteiger partial charge in [-0.1, -0.05) is 48.6 Å². The van der Waals surface area contributed by atoms with E-state index in [0.29, 0.717) is 25.5 Å². The van der Waals surface area contributed by atoms with Crippen molar-refractivity contribution in [1.82, 2.24) is 5.32 Å². The first-order chi connectivity index (χ1) is 13.7. The summed E-state index contributed by atoms with van der Waals surface area (Å²) in [5.41, 5.74) is 2.29. The molecule has 0 saturated carbocycles. The van der Waals surface area contributed by atoms with Crippen LogP contribution in [0.3, 0.4) is 0 Å². The number of amides is 1. The number of carbonyl (C=O) groups excluding carboxylic acids is 1. The highest BCUT2D eigenvalue weighted by Crippen LogP contribution is 2.28. The molecule has 2 aromatic rings. The number of hydrogen-bond acceptors (Lipinski definition) is 4. The van der Waals surface area contributed by atoms with Crippen molar-refractivity contribution >= 4 is 23.7 Å². The van der Waals surface area contributed by atoms with Gasteiger partial charge in [0.25, 0.3) is 0 Å². The van der Waals surface area contributed by atoms with Gasteiger partial charge in [-0.3, -0.25) is 4.79 Å². The summed E-state index contributed by atoms with van der Waals surface area (Å²) in [5, 5.41) is 2.98. The van der Waals surface area contributed by atoms with E-state index < -0.39 is 0 Å². The lowest BCUT2D eigenvalue weighted by atomic mass is 10.1. The molecule has 0 atom stereocenters. The van der Waals surface area contributed by atoms with Gasteiger partial charge in [-0.2, -0.15) is 0 Å². The van der Waals surface area contributed by atoms with Gasteiger partial charge in [0.1, 0.15) is 0 Å². The zero-order chi connectivity index (χ0) is 20.0. The van der Waals surface area contributed by atoms with Gasteiger partial charge in [0, 0.05) is 12.3 Å². The third-order valence-corrected chi connectivity index (χ3v) is 4.80. The molecule has 0 bridgehead atoms. The molecule has 5 heteroatoms. The number of ether oxygens (including phenoxy) is 2. The lowest BCUT2D eigenvalue weighted by Gasteiger charge is -2.12. The van der Waals surface area contributed by atoms with Crippen LogP contribution in [0.25, 0.3) is 6.08 Å². The van der Waals surface area contributed by atoms with Crippen LogP contribution in [0.5, 0.6) is 11.5 Å². The Balaban J connectivity index is 1.67.